The maximum Gasteiger partial charge on any atom is 0.255 e. The van der Waals surface area contributed by atoms with Crippen molar-refractivity contribution in [3.05, 3.63) is 114 Å². The Morgan fingerprint density at radius 2 is 1.66 bits per heavy atom. The number of carbonyl (C=O) groups is 2. The number of hydrogen-bond donors (Lipinski definition) is 2. The number of hydrogen-bond acceptors (Lipinski definition) is 4. The molecule has 0 aliphatic rings. The normalized spacial score (nSPS) is 11.5. The molecule has 1 unspecified atom stereocenters. The summed E-state index contributed by atoms with van der Waals surface area (Å²) in [6.07, 6.45) is 3.14. The van der Waals surface area contributed by atoms with E-state index in [9.17, 15) is 9.59 Å². The topological polar surface area (TPSA) is 88.9 Å². The summed E-state index contributed by atoms with van der Waals surface area (Å²) in [5.74, 6) is -0.339. The molecular formula is C25H23N5O2. The highest BCUT2D eigenvalue weighted by atomic mass is 16.2. The molecule has 32 heavy (non-hydrogen) atoms. The number of benzene rings is 3. The Bertz CT molecular complexity index is 1190. The van der Waals surface area contributed by atoms with Gasteiger partial charge in [-0.05, 0) is 54.4 Å². The quantitative estimate of drug-likeness (QED) is 0.467. The smallest absolute Gasteiger partial charge is 0.255 e. The van der Waals surface area contributed by atoms with E-state index in [1.54, 1.807) is 35.3 Å². The van der Waals surface area contributed by atoms with E-state index in [-0.39, 0.29) is 17.9 Å². The molecule has 0 saturated heterocycles. The molecule has 2 amide bonds. The summed E-state index contributed by atoms with van der Waals surface area (Å²) in [6.45, 7) is 2.51. The van der Waals surface area contributed by atoms with E-state index in [4.69, 9.17) is 0 Å². The molecule has 0 aliphatic carbocycles. The third kappa shape index (κ3) is 5.26. The maximum atomic E-state index is 12.7. The van der Waals surface area contributed by atoms with Crippen LogP contribution >= 0.6 is 0 Å². The molecule has 7 nitrogen and oxygen atoms in total. The molecule has 0 radical (unpaired) electrons. The number of nitrogens with zero attached hydrogens (tertiary/aromatic N) is 3. The summed E-state index contributed by atoms with van der Waals surface area (Å²) in [5, 5.41) is 9.99. The number of carbonyl (C=O) groups excluding carboxylic acids is 2. The fraction of sp³-hybridized carbons (Fsp3) is 0.120. The van der Waals surface area contributed by atoms with Crippen LogP contribution in [0.2, 0.25) is 0 Å². The van der Waals surface area contributed by atoms with Gasteiger partial charge < -0.3 is 10.6 Å². The van der Waals surface area contributed by atoms with Gasteiger partial charge in [0.1, 0.15) is 12.7 Å². The van der Waals surface area contributed by atoms with Crippen molar-refractivity contribution in [1.29, 1.82) is 0 Å². The highest BCUT2D eigenvalue weighted by molar-refractivity contribution is 6.04. The Morgan fingerprint density at radius 3 is 2.38 bits per heavy atom. The van der Waals surface area contributed by atoms with Crippen LogP contribution in [0.4, 0.5) is 5.69 Å². The second-order valence-electron chi connectivity index (χ2n) is 7.43. The van der Waals surface area contributed by atoms with E-state index < -0.39 is 0 Å². The predicted octanol–water partition coefficient (Wildman–Crippen LogP) is 4.07. The number of anilines is 1. The van der Waals surface area contributed by atoms with Crippen LogP contribution in [0.25, 0.3) is 0 Å². The Hall–Kier alpha value is -4.26. The lowest BCUT2D eigenvalue weighted by Gasteiger charge is -2.16. The Kier molecular flexibility index (Phi) is 6.36. The van der Waals surface area contributed by atoms with Crippen molar-refractivity contribution < 1.29 is 9.59 Å². The highest BCUT2D eigenvalue weighted by Gasteiger charge is 2.13. The summed E-state index contributed by atoms with van der Waals surface area (Å²) in [7, 11) is 0. The SMILES string of the molecule is CC(NC(=O)c1ccc(Cn2cncn2)cc1)c1cccc(NC(=O)c2ccccc2)c1. The molecule has 0 fully saturated rings. The number of amides is 2. The molecule has 7 heteroatoms. The fourth-order valence-corrected chi connectivity index (χ4v) is 3.30. The van der Waals surface area contributed by atoms with Gasteiger partial charge in [-0.25, -0.2) is 9.67 Å². The second kappa shape index (κ2) is 9.70. The van der Waals surface area contributed by atoms with Crippen LogP contribution in [-0.4, -0.2) is 26.6 Å². The average molecular weight is 425 g/mol. The molecule has 1 heterocycles. The van der Waals surface area contributed by atoms with Crippen molar-refractivity contribution in [1.82, 2.24) is 20.1 Å². The van der Waals surface area contributed by atoms with Crippen molar-refractivity contribution in [3.8, 4) is 0 Å². The Balaban J connectivity index is 1.38. The van der Waals surface area contributed by atoms with Crippen LogP contribution < -0.4 is 10.6 Å². The molecule has 1 atom stereocenters. The molecule has 2 N–H and O–H groups in total. The molecule has 4 aromatic rings. The molecule has 0 spiro atoms. The van der Waals surface area contributed by atoms with Crippen LogP contribution in [0.15, 0.2) is 91.5 Å². The molecular weight excluding hydrogens is 402 g/mol. The number of rotatable bonds is 7. The summed E-state index contributed by atoms with van der Waals surface area (Å²) in [6, 6.07) is 23.7. The van der Waals surface area contributed by atoms with Crippen LogP contribution in [0.1, 0.15) is 44.8 Å². The van der Waals surface area contributed by atoms with Gasteiger partial charge >= 0.3 is 0 Å². The van der Waals surface area contributed by atoms with E-state index in [1.807, 2.05) is 61.5 Å². The third-order valence-corrected chi connectivity index (χ3v) is 5.06. The van der Waals surface area contributed by atoms with E-state index >= 15 is 0 Å². The largest absolute Gasteiger partial charge is 0.346 e. The molecule has 160 valence electrons. The van der Waals surface area contributed by atoms with Crippen LogP contribution in [0.5, 0.6) is 0 Å². The van der Waals surface area contributed by atoms with Crippen molar-refractivity contribution in [2.24, 2.45) is 0 Å². The lowest BCUT2D eigenvalue weighted by Crippen LogP contribution is -2.26. The number of aromatic nitrogens is 3. The van der Waals surface area contributed by atoms with E-state index in [1.165, 1.54) is 6.33 Å². The molecule has 0 aliphatic heterocycles. The Labute approximate surface area is 186 Å². The molecule has 0 bridgehead atoms. The lowest BCUT2D eigenvalue weighted by atomic mass is 10.1. The highest BCUT2D eigenvalue weighted by Crippen LogP contribution is 2.19. The minimum Gasteiger partial charge on any atom is -0.346 e. The first kappa shape index (κ1) is 21.0. The molecule has 3 aromatic carbocycles. The molecule has 1 aromatic heterocycles. The Morgan fingerprint density at radius 1 is 0.906 bits per heavy atom. The first-order valence-corrected chi connectivity index (χ1v) is 10.3. The lowest BCUT2D eigenvalue weighted by molar-refractivity contribution is 0.0939. The van der Waals surface area contributed by atoms with Gasteiger partial charge in [-0.3, -0.25) is 9.59 Å². The van der Waals surface area contributed by atoms with Gasteiger partial charge in [0.2, 0.25) is 0 Å². The number of nitrogens with one attached hydrogen (secondary N) is 2. The monoisotopic (exact) mass is 425 g/mol. The van der Waals surface area contributed by atoms with Crippen LogP contribution in [-0.2, 0) is 6.54 Å². The zero-order chi connectivity index (χ0) is 22.3. The summed E-state index contributed by atoms with van der Waals surface area (Å²) in [4.78, 5) is 29.0. The predicted molar refractivity (Wildman–Crippen MR) is 122 cm³/mol. The summed E-state index contributed by atoms with van der Waals surface area (Å²) in [5.41, 5.74) is 3.77. The minimum atomic E-state index is -0.231. The van der Waals surface area contributed by atoms with Crippen molar-refractivity contribution in [2.75, 3.05) is 5.32 Å². The van der Waals surface area contributed by atoms with Gasteiger partial charge in [0.15, 0.2) is 0 Å². The molecule has 0 saturated carbocycles. The second-order valence-corrected chi connectivity index (χ2v) is 7.43. The zero-order valence-corrected chi connectivity index (χ0v) is 17.6. The fourth-order valence-electron chi connectivity index (χ4n) is 3.30. The van der Waals surface area contributed by atoms with Gasteiger partial charge in [0, 0.05) is 16.8 Å². The summed E-state index contributed by atoms with van der Waals surface area (Å²) >= 11 is 0. The van der Waals surface area contributed by atoms with Gasteiger partial charge in [-0.1, -0.05) is 42.5 Å². The van der Waals surface area contributed by atoms with Crippen molar-refractivity contribution >= 4 is 17.5 Å². The summed E-state index contributed by atoms with van der Waals surface area (Å²) < 4.78 is 1.72. The average Bonchev–Trinajstić information content (AvgIpc) is 3.33. The van der Waals surface area contributed by atoms with Crippen LogP contribution in [0, 0.1) is 0 Å². The van der Waals surface area contributed by atoms with Gasteiger partial charge in [-0.15, -0.1) is 0 Å². The van der Waals surface area contributed by atoms with Gasteiger partial charge in [-0.2, -0.15) is 5.10 Å². The van der Waals surface area contributed by atoms with Crippen molar-refractivity contribution in [3.63, 3.8) is 0 Å². The third-order valence-electron chi connectivity index (χ3n) is 5.06. The van der Waals surface area contributed by atoms with E-state index in [0.717, 1.165) is 11.1 Å². The first-order chi connectivity index (χ1) is 15.6. The van der Waals surface area contributed by atoms with Crippen LogP contribution in [0.3, 0.4) is 0 Å². The minimum absolute atomic E-state index is 0.163. The van der Waals surface area contributed by atoms with Gasteiger partial charge in [0.25, 0.3) is 11.8 Å². The van der Waals surface area contributed by atoms with E-state index in [2.05, 4.69) is 20.7 Å². The van der Waals surface area contributed by atoms with Crippen molar-refractivity contribution in [2.45, 2.75) is 19.5 Å². The van der Waals surface area contributed by atoms with E-state index in [0.29, 0.717) is 23.4 Å². The van der Waals surface area contributed by atoms with Gasteiger partial charge in [0.05, 0.1) is 12.6 Å². The standard InChI is InChI=1S/C25H23N5O2/c1-18(22-8-5-9-23(14-22)29-25(32)20-6-3-2-4-7-20)28-24(31)21-12-10-19(11-13-21)15-30-17-26-16-27-30/h2-14,16-18H,15H2,1H3,(H,28,31)(H,29,32). The zero-order valence-electron chi connectivity index (χ0n) is 17.6. The molecule has 4 rings (SSSR count). The first-order valence-electron chi connectivity index (χ1n) is 10.3. The maximum absolute atomic E-state index is 12.7.